The molecule has 2 aliphatic carbocycles. The Hall–Kier alpha value is -8.58. The summed E-state index contributed by atoms with van der Waals surface area (Å²) in [4.78, 5) is 40.9. The molecule has 0 amide bonds. The summed E-state index contributed by atoms with van der Waals surface area (Å²) in [6.45, 7) is 33.1. The average Bonchev–Trinajstić information content (AvgIpc) is 1.50. The molecule has 5 aromatic carbocycles. The molecule has 14 rings (SSSR count). The summed E-state index contributed by atoms with van der Waals surface area (Å²) in [7, 11) is 0. The summed E-state index contributed by atoms with van der Waals surface area (Å²) >= 11 is 8.63. The van der Waals surface area contributed by atoms with Crippen molar-refractivity contribution >= 4 is 186 Å². The first-order valence-corrected chi connectivity index (χ1v) is 55.4. The normalized spacial score (nSPS) is 14.8. The van der Waals surface area contributed by atoms with Crippen LogP contribution in [0.3, 0.4) is 0 Å². The van der Waals surface area contributed by atoms with Crippen molar-refractivity contribution in [3.8, 4) is 17.9 Å². The summed E-state index contributed by atoms with van der Waals surface area (Å²) in [5.74, 6) is 1.17. The molecule has 12 aromatic rings. The minimum absolute atomic E-state index is 0.0607. The van der Waals surface area contributed by atoms with E-state index in [0.29, 0.717) is 63.0 Å². The molecule has 0 fully saturated rings. The number of hydrogen-bond acceptors (Lipinski definition) is 12. The van der Waals surface area contributed by atoms with Crippen molar-refractivity contribution in [2.75, 3.05) is 6.61 Å². The summed E-state index contributed by atoms with van der Waals surface area (Å²) < 4.78 is 31.5. The van der Waals surface area contributed by atoms with Gasteiger partial charge in [0.25, 0.3) is 11.4 Å². The number of allylic oxidation sites excluding steroid dienone is 6. The SMILES string of the molecule is [C-]#[N+]/C(C#N)=C1\C(=C\c2sc3c(sc4c5c6nsnc6c6c7sc8c(CCCCCCCCCCC)c(/C=C9\C(=O)c%10cc%11ccccc%11cc%10\C9=C(\C#N)[N+]#[C-])sc8c7n(CC(CCCCCCCC)CCCCCCCCCC)c6c5n(CC(CCCCCCCC)CCCCCCCCCC)c34)c2OCCCCCCCCCCC)C(=O)c2cc3ccccc3cc21. The number of fused-ring (bicyclic) bond motifs is 18. The highest BCUT2D eigenvalue weighted by Crippen LogP contribution is 2.58. The standard InChI is InChI=1S/C114H142N8O3S5/c1-9-15-21-27-33-37-41-47-53-67-85-94(73-90-96(92(75-115)117-7)86-69-81-63-54-56-65-83(81)71-88(86)106(90)123)126-112-104-110(128-109(85)112)98-100-101(120-130-119-100)99-103(102(98)121(104)77-79(59-49-43-31-25-19-13-5)61-51-45-39-35-29-23-17-11-3)122(78-80(60-50-44-32-26-20-14-6)62-52-46-40-36-30-24-18-12-4)105-111(99)129-114-108(125-68-58-48-42-38-34-28-22-16-10-2)95(127-113(105)114)74-91-97(93(76-116)118-8)87-70-82-64-55-57-66-84(82)72-89(87)107(91)124/h54-57,63-66,69-74,79-80H,9-53,58-62,67-68,77-78H2,1-6H3/b90-73-,91-74-,96-92+,97-93-. The third-order valence-electron chi connectivity index (χ3n) is 28.4. The van der Waals surface area contributed by atoms with Gasteiger partial charge in [-0.1, -0.05) is 373 Å². The number of carbonyl (C=O) groups is 2. The van der Waals surface area contributed by atoms with Crippen LogP contribution in [0.5, 0.6) is 5.75 Å². The summed E-state index contributed by atoms with van der Waals surface area (Å²) in [6.07, 6.45) is 66.0. The zero-order valence-electron chi connectivity index (χ0n) is 79.3. The van der Waals surface area contributed by atoms with E-state index in [2.05, 4.69) is 84.6 Å². The Bertz CT molecular complexity index is 5810. The Labute approximate surface area is 796 Å². The first-order chi connectivity index (χ1) is 64.1. The van der Waals surface area contributed by atoms with Crippen LogP contribution in [0.15, 0.2) is 95.3 Å². The number of nitriles is 2. The number of aromatic nitrogens is 4. The molecule has 0 saturated heterocycles. The predicted octanol–water partition coefficient (Wildman–Crippen LogP) is 37.4. The molecule has 2 atom stereocenters. The van der Waals surface area contributed by atoms with Crippen molar-refractivity contribution in [1.82, 2.24) is 17.9 Å². The number of ketones is 2. The first kappa shape index (κ1) is 97.4. The number of hydrogen-bond donors (Lipinski definition) is 0. The highest BCUT2D eigenvalue weighted by molar-refractivity contribution is 7.35. The van der Waals surface area contributed by atoms with Gasteiger partial charge in [-0.3, -0.25) is 9.59 Å². The van der Waals surface area contributed by atoms with Gasteiger partial charge in [0, 0.05) is 62.2 Å². The van der Waals surface area contributed by atoms with Crippen molar-refractivity contribution in [2.24, 2.45) is 11.8 Å². The highest BCUT2D eigenvalue weighted by Gasteiger charge is 2.39. The zero-order valence-corrected chi connectivity index (χ0v) is 83.3. The Balaban J connectivity index is 1.04. The molecular weight excluding hydrogens is 1690 g/mol. The predicted molar refractivity (Wildman–Crippen MR) is 562 cm³/mol. The van der Waals surface area contributed by atoms with Crippen LogP contribution < -0.4 is 4.74 Å². The fourth-order valence-electron chi connectivity index (χ4n) is 21.2. The van der Waals surface area contributed by atoms with E-state index in [0.717, 1.165) is 140 Å². The Morgan fingerprint density at radius 3 is 1.08 bits per heavy atom. The fraction of sp³-hybridized carbons (Fsp3) is 0.544. The molecule has 0 bridgehead atoms. The molecule has 130 heavy (non-hydrogen) atoms. The van der Waals surface area contributed by atoms with Crippen molar-refractivity contribution < 1.29 is 14.3 Å². The maximum atomic E-state index is 15.6. The number of thiophene rings is 4. The number of aryl methyl sites for hydroxylation is 1. The van der Waals surface area contributed by atoms with Crippen molar-refractivity contribution in [1.29, 1.82) is 10.5 Å². The van der Waals surface area contributed by atoms with Crippen LogP contribution in [-0.4, -0.2) is 36.1 Å². The number of ether oxygens (including phenoxy) is 1. The molecule has 0 N–H and O–H groups in total. The highest BCUT2D eigenvalue weighted by atomic mass is 32.1. The lowest BCUT2D eigenvalue weighted by Crippen LogP contribution is -2.14. The van der Waals surface area contributed by atoms with Gasteiger partial charge in [0.1, 0.15) is 11.0 Å². The van der Waals surface area contributed by atoms with Crippen LogP contribution >= 0.6 is 57.1 Å². The molecule has 0 radical (unpaired) electrons. The molecule has 0 aliphatic heterocycles. The van der Waals surface area contributed by atoms with Gasteiger partial charge >= 0.3 is 0 Å². The van der Waals surface area contributed by atoms with E-state index in [1.54, 1.807) is 11.3 Å². The minimum atomic E-state index is -0.189. The number of carbonyl (C=O) groups excluding carboxylic acids is 2. The van der Waals surface area contributed by atoms with Gasteiger partial charge in [0.05, 0.1) is 98.8 Å². The van der Waals surface area contributed by atoms with Crippen LogP contribution in [0.2, 0.25) is 0 Å². The monoisotopic (exact) mass is 1830 g/mol. The number of Topliss-reactive ketones (excluding diaryl/α,β-unsaturated/α-hetero) is 2. The van der Waals surface area contributed by atoms with Gasteiger partial charge in [-0.05, 0) is 131 Å². The lowest BCUT2D eigenvalue weighted by atomic mass is 9.93. The van der Waals surface area contributed by atoms with Crippen molar-refractivity contribution in [2.45, 2.75) is 382 Å². The number of unbranched alkanes of at least 4 members (excludes halogenated alkanes) is 40. The van der Waals surface area contributed by atoms with Crippen LogP contribution in [0.25, 0.3) is 127 Å². The molecule has 686 valence electrons. The van der Waals surface area contributed by atoms with Crippen LogP contribution in [-0.2, 0) is 19.5 Å². The summed E-state index contributed by atoms with van der Waals surface area (Å²) in [5, 5.41) is 28.1. The maximum Gasteiger partial charge on any atom is 0.270 e. The number of nitrogens with zero attached hydrogens (tertiary/aromatic N) is 8. The first-order valence-electron chi connectivity index (χ1n) is 51.4. The van der Waals surface area contributed by atoms with Gasteiger partial charge in [0.2, 0.25) is 0 Å². The van der Waals surface area contributed by atoms with Crippen LogP contribution in [0, 0.1) is 47.6 Å². The van der Waals surface area contributed by atoms with Crippen molar-refractivity contribution in [3.05, 3.63) is 156 Å². The molecule has 2 unspecified atom stereocenters. The van der Waals surface area contributed by atoms with Gasteiger partial charge in [0.15, 0.2) is 17.3 Å². The van der Waals surface area contributed by atoms with E-state index < -0.39 is 0 Å². The van der Waals surface area contributed by atoms with E-state index in [9.17, 15) is 10.5 Å². The molecule has 16 heteroatoms. The topological polar surface area (TPSA) is 135 Å². The number of benzene rings is 5. The van der Waals surface area contributed by atoms with Gasteiger partial charge in [-0.15, -0.1) is 45.3 Å². The molecule has 7 heterocycles. The van der Waals surface area contributed by atoms with Gasteiger partial charge < -0.3 is 13.9 Å². The quantitative estimate of drug-likeness (QED) is 0.0160. The summed E-state index contributed by atoms with van der Waals surface area (Å²) in [5.41, 5.74) is 11.8. The minimum Gasteiger partial charge on any atom is -0.491 e. The molecule has 0 saturated carbocycles. The second-order valence-electron chi connectivity index (χ2n) is 38.0. The van der Waals surface area contributed by atoms with E-state index in [-0.39, 0.29) is 23.0 Å². The largest absolute Gasteiger partial charge is 0.491 e. The average molecular weight is 1830 g/mol. The molecule has 11 nitrogen and oxygen atoms in total. The maximum absolute atomic E-state index is 15.6. The Morgan fingerprint density at radius 1 is 0.392 bits per heavy atom. The van der Waals surface area contributed by atoms with E-state index in [1.165, 1.54) is 327 Å². The Morgan fingerprint density at radius 2 is 0.715 bits per heavy atom. The smallest absolute Gasteiger partial charge is 0.270 e. The second-order valence-corrected chi connectivity index (χ2v) is 42.7. The van der Waals surface area contributed by atoms with Crippen LogP contribution in [0.4, 0.5) is 0 Å². The lowest BCUT2D eigenvalue weighted by molar-refractivity contribution is 0.103. The van der Waals surface area contributed by atoms with Crippen molar-refractivity contribution in [3.63, 3.8) is 0 Å². The van der Waals surface area contributed by atoms with E-state index >= 15 is 9.59 Å². The van der Waals surface area contributed by atoms with E-state index in [4.69, 9.17) is 26.6 Å². The zero-order chi connectivity index (χ0) is 90.5. The molecular formula is C114H142N8O3S5. The summed E-state index contributed by atoms with van der Waals surface area (Å²) in [6, 6.07) is 28.7. The Kier molecular flexibility index (Phi) is 37.4. The third-order valence-corrected chi connectivity index (χ3v) is 33.9. The molecule has 2 aliphatic rings. The molecule has 7 aromatic heterocycles. The third kappa shape index (κ3) is 22.9. The molecule has 0 spiro atoms. The van der Waals surface area contributed by atoms with Gasteiger partial charge in [-0.2, -0.15) is 8.75 Å². The lowest BCUT2D eigenvalue weighted by Gasteiger charge is -2.22. The van der Waals surface area contributed by atoms with E-state index in [1.807, 2.05) is 107 Å². The second kappa shape index (κ2) is 50.0. The van der Waals surface area contributed by atoms with Gasteiger partial charge in [-0.25, -0.2) is 20.2 Å². The fourth-order valence-corrected chi connectivity index (χ4v) is 27.5. The van der Waals surface area contributed by atoms with Crippen LogP contribution in [0.1, 0.15) is 410 Å². The number of rotatable bonds is 59.